The molecule has 0 saturated carbocycles. The Labute approximate surface area is 200 Å². The second-order valence-electron chi connectivity index (χ2n) is 7.84. The van der Waals surface area contributed by atoms with Gasteiger partial charge in [-0.05, 0) is 48.5 Å². The van der Waals surface area contributed by atoms with Gasteiger partial charge in [0, 0.05) is 29.2 Å². The van der Waals surface area contributed by atoms with Crippen molar-refractivity contribution in [3.8, 4) is 5.75 Å². The highest BCUT2D eigenvalue weighted by molar-refractivity contribution is 7.90. The SMILES string of the molecule is O=C(Oc1ccccc1NC1=NS(=O)(=O)c2ccccc21)[C@H]1CC(=O)N(c2ccc(Cl)cc2)C1. The van der Waals surface area contributed by atoms with Gasteiger partial charge in [-0.1, -0.05) is 35.9 Å². The molecule has 3 aromatic carbocycles. The van der Waals surface area contributed by atoms with Crippen molar-refractivity contribution in [2.45, 2.75) is 11.3 Å². The first-order valence-corrected chi connectivity index (χ1v) is 12.2. The Balaban J connectivity index is 1.33. The van der Waals surface area contributed by atoms with Gasteiger partial charge in [0.05, 0.1) is 11.6 Å². The fraction of sp³-hybridized carbons (Fsp3) is 0.125. The number of hydrogen-bond donors (Lipinski definition) is 1. The molecule has 8 nitrogen and oxygen atoms in total. The number of anilines is 2. The van der Waals surface area contributed by atoms with E-state index in [1.165, 1.54) is 11.0 Å². The van der Waals surface area contributed by atoms with Crippen LogP contribution in [-0.2, 0) is 19.6 Å². The predicted octanol–water partition coefficient (Wildman–Crippen LogP) is 3.86. The van der Waals surface area contributed by atoms with Crippen LogP contribution in [0.2, 0.25) is 5.02 Å². The lowest BCUT2D eigenvalue weighted by atomic mass is 10.1. The molecule has 0 aromatic heterocycles. The molecular formula is C24H18ClN3O5S. The van der Waals surface area contributed by atoms with Crippen LogP contribution >= 0.6 is 11.6 Å². The smallest absolute Gasteiger partial charge is 0.316 e. The Morgan fingerprint density at radius 2 is 1.74 bits per heavy atom. The van der Waals surface area contributed by atoms with Crippen LogP contribution in [0.15, 0.2) is 82.1 Å². The Kier molecular flexibility index (Phi) is 5.59. The van der Waals surface area contributed by atoms with E-state index in [0.29, 0.717) is 22.0 Å². The Morgan fingerprint density at radius 1 is 1.03 bits per heavy atom. The van der Waals surface area contributed by atoms with Crippen molar-refractivity contribution >= 4 is 50.7 Å². The number of carbonyl (C=O) groups excluding carboxylic acids is 2. The summed E-state index contributed by atoms with van der Waals surface area (Å²) in [7, 11) is -3.80. The maximum atomic E-state index is 12.9. The lowest BCUT2D eigenvalue weighted by Gasteiger charge is -2.17. The molecule has 0 unspecified atom stereocenters. The van der Waals surface area contributed by atoms with Gasteiger partial charge in [-0.25, -0.2) is 0 Å². The van der Waals surface area contributed by atoms with Crippen LogP contribution in [0.25, 0.3) is 0 Å². The van der Waals surface area contributed by atoms with Crippen LogP contribution in [0, 0.1) is 5.92 Å². The van der Waals surface area contributed by atoms with E-state index < -0.39 is 21.9 Å². The van der Waals surface area contributed by atoms with E-state index in [9.17, 15) is 18.0 Å². The highest BCUT2D eigenvalue weighted by Gasteiger charge is 2.37. The van der Waals surface area contributed by atoms with E-state index in [1.54, 1.807) is 66.7 Å². The van der Waals surface area contributed by atoms with Crippen LogP contribution in [0.5, 0.6) is 5.75 Å². The fourth-order valence-electron chi connectivity index (χ4n) is 3.91. The summed E-state index contributed by atoms with van der Waals surface area (Å²) in [4.78, 5) is 27.0. The van der Waals surface area contributed by atoms with Gasteiger partial charge >= 0.3 is 5.97 Å². The van der Waals surface area contributed by atoms with Gasteiger partial charge in [-0.15, -0.1) is 4.40 Å². The van der Waals surface area contributed by atoms with E-state index >= 15 is 0 Å². The van der Waals surface area contributed by atoms with Gasteiger partial charge < -0.3 is 15.0 Å². The number of ether oxygens (including phenoxy) is 1. The van der Waals surface area contributed by atoms with E-state index in [0.717, 1.165) is 0 Å². The second-order valence-corrected chi connectivity index (χ2v) is 9.84. The van der Waals surface area contributed by atoms with Gasteiger partial charge in [-0.2, -0.15) is 8.42 Å². The maximum Gasteiger partial charge on any atom is 0.316 e. The van der Waals surface area contributed by atoms with Gasteiger partial charge in [0.1, 0.15) is 4.90 Å². The van der Waals surface area contributed by atoms with Crippen LogP contribution < -0.4 is 15.0 Å². The number of fused-ring (bicyclic) bond motifs is 1. The molecule has 1 N–H and O–H groups in total. The number of carbonyl (C=O) groups is 2. The Bertz CT molecular complexity index is 1440. The first-order chi connectivity index (χ1) is 16.3. The number of halogens is 1. The molecular weight excluding hydrogens is 478 g/mol. The summed E-state index contributed by atoms with van der Waals surface area (Å²) in [6.45, 7) is 0.188. The van der Waals surface area contributed by atoms with Crippen molar-refractivity contribution in [1.29, 1.82) is 0 Å². The molecule has 0 bridgehead atoms. The summed E-state index contributed by atoms with van der Waals surface area (Å²) >= 11 is 5.92. The average molecular weight is 496 g/mol. The van der Waals surface area contributed by atoms with E-state index in [2.05, 4.69) is 9.71 Å². The number of nitrogens with one attached hydrogen (secondary N) is 1. The molecule has 1 saturated heterocycles. The van der Waals surface area contributed by atoms with E-state index in [1.807, 2.05) is 0 Å². The zero-order valence-corrected chi connectivity index (χ0v) is 19.2. The summed E-state index contributed by atoms with van der Waals surface area (Å²) in [5.41, 5.74) is 1.47. The number of esters is 1. The number of sulfonamides is 1. The lowest BCUT2D eigenvalue weighted by molar-refractivity contribution is -0.139. The summed E-state index contributed by atoms with van der Waals surface area (Å²) in [5, 5.41) is 3.52. The van der Waals surface area contributed by atoms with Gasteiger partial charge in [0.25, 0.3) is 10.0 Å². The van der Waals surface area contributed by atoms with Gasteiger partial charge in [0.2, 0.25) is 5.91 Å². The molecule has 2 aliphatic heterocycles. The van der Waals surface area contributed by atoms with Gasteiger partial charge in [-0.3, -0.25) is 9.59 Å². The predicted molar refractivity (Wildman–Crippen MR) is 128 cm³/mol. The summed E-state index contributed by atoms with van der Waals surface area (Å²) < 4.78 is 34.1. The number of rotatable bonds is 4. The zero-order chi connectivity index (χ0) is 23.9. The minimum absolute atomic E-state index is 0.0232. The molecule has 1 amide bonds. The van der Waals surface area contributed by atoms with E-state index in [4.69, 9.17) is 16.3 Å². The molecule has 2 aliphatic rings. The highest BCUT2D eigenvalue weighted by Crippen LogP contribution is 2.32. The minimum Gasteiger partial charge on any atom is -0.424 e. The second kappa shape index (κ2) is 8.58. The lowest BCUT2D eigenvalue weighted by Crippen LogP contribution is -2.27. The monoisotopic (exact) mass is 495 g/mol. The van der Waals surface area contributed by atoms with Crippen molar-refractivity contribution in [3.05, 3.63) is 83.4 Å². The quantitative estimate of drug-likeness (QED) is 0.435. The third-order valence-electron chi connectivity index (χ3n) is 5.58. The van der Waals surface area contributed by atoms with Crippen LogP contribution in [-0.4, -0.2) is 32.7 Å². The minimum atomic E-state index is -3.80. The number of nitrogens with zero attached hydrogens (tertiary/aromatic N) is 2. The largest absolute Gasteiger partial charge is 0.424 e. The number of hydrogen-bond acceptors (Lipinski definition) is 6. The average Bonchev–Trinajstić information content (AvgIpc) is 3.33. The normalized spacial score (nSPS) is 18.4. The zero-order valence-electron chi connectivity index (χ0n) is 17.6. The van der Waals surface area contributed by atoms with Crippen molar-refractivity contribution in [3.63, 3.8) is 0 Å². The summed E-state index contributed by atoms with van der Waals surface area (Å²) in [6, 6.07) is 19.9. The highest BCUT2D eigenvalue weighted by atomic mass is 35.5. The van der Waals surface area contributed by atoms with Crippen LogP contribution in [0.4, 0.5) is 11.4 Å². The molecule has 1 atom stereocenters. The number of benzene rings is 3. The molecule has 5 rings (SSSR count). The van der Waals surface area contributed by atoms with Crippen molar-refractivity contribution < 1.29 is 22.7 Å². The summed E-state index contributed by atoms with van der Waals surface area (Å²) in [6.07, 6.45) is 0.0232. The molecule has 0 radical (unpaired) electrons. The Hall–Kier alpha value is -3.69. The van der Waals surface area contributed by atoms with E-state index in [-0.39, 0.29) is 35.4 Å². The van der Waals surface area contributed by atoms with Crippen molar-refractivity contribution in [2.24, 2.45) is 10.3 Å². The topological polar surface area (TPSA) is 105 Å². The molecule has 1 fully saturated rings. The molecule has 10 heteroatoms. The fourth-order valence-corrected chi connectivity index (χ4v) is 5.21. The van der Waals surface area contributed by atoms with Crippen LogP contribution in [0.1, 0.15) is 12.0 Å². The molecule has 0 spiro atoms. The first-order valence-electron chi connectivity index (χ1n) is 10.4. The Morgan fingerprint density at radius 3 is 2.53 bits per heavy atom. The first kappa shape index (κ1) is 22.1. The molecule has 0 aliphatic carbocycles. The standard InChI is InChI=1S/C24H18ClN3O5S/c25-16-9-11-17(12-10-16)28-14-15(13-22(28)29)24(30)33-20-7-3-2-6-19(20)26-23-18-5-1-4-8-21(18)34(31,32)27-23/h1-12,15H,13-14H2,(H,26,27)/t15-/m0/s1. The maximum absolute atomic E-state index is 12.9. The third kappa shape index (κ3) is 4.15. The summed E-state index contributed by atoms with van der Waals surface area (Å²) in [5.74, 6) is -1.04. The molecule has 172 valence electrons. The number of amides is 1. The third-order valence-corrected chi connectivity index (χ3v) is 7.17. The molecule has 3 aromatic rings. The number of para-hydroxylation sites is 2. The van der Waals surface area contributed by atoms with Crippen molar-refractivity contribution in [1.82, 2.24) is 0 Å². The molecule has 34 heavy (non-hydrogen) atoms. The van der Waals surface area contributed by atoms with Crippen LogP contribution in [0.3, 0.4) is 0 Å². The van der Waals surface area contributed by atoms with Crippen molar-refractivity contribution in [2.75, 3.05) is 16.8 Å². The van der Waals surface area contributed by atoms with Gasteiger partial charge in [0.15, 0.2) is 11.6 Å². The molecule has 2 heterocycles. The number of amidine groups is 1.